The summed E-state index contributed by atoms with van der Waals surface area (Å²) in [6.07, 6.45) is 2.29. The highest BCUT2D eigenvalue weighted by molar-refractivity contribution is 9.10. The number of halogens is 1. The van der Waals surface area contributed by atoms with Crippen LogP contribution in [0.1, 0.15) is 42.1 Å². The molecule has 3 aromatic rings. The Kier molecular flexibility index (Phi) is 9.04. The van der Waals surface area contributed by atoms with Gasteiger partial charge >= 0.3 is 0 Å². The molecule has 0 saturated carbocycles. The van der Waals surface area contributed by atoms with Gasteiger partial charge in [0.05, 0.1) is 13.7 Å². The molecule has 0 spiro atoms. The van der Waals surface area contributed by atoms with Gasteiger partial charge in [0.15, 0.2) is 11.6 Å². The first-order chi connectivity index (χ1) is 19.5. The van der Waals surface area contributed by atoms with Crippen molar-refractivity contribution in [2.75, 3.05) is 33.4 Å². The minimum atomic E-state index is -1.27. The van der Waals surface area contributed by atoms with Gasteiger partial charge in [-0.1, -0.05) is 40.2 Å². The number of benzene rings is 3. The minimum absolute atomic E-state index is 0.0777. The lowest BCUT2D eigenvalue weighted by Gasteiger charge is -2.32. The molecule has 2 aliphatic heterocycles. The van der Waals surface area contributed by atoms with Gasteiger partial charge in [0, 0.05) is 42.6 Å². The maximum absolute atomic E-state index is 14.3. The third-order valence-electron chi connectivity index (χ3n) is 7.18. The van der Waals surface area contributed by atoms with Crippen molar-refractivity contribution in [3.8, 4) is 11.5 Å². The molecule has 0 aromatic heterocycles. The van der Waals surface area contributed by atoms with E-state index in [1.54, 1.807) is 7.11 Å². The van der Waals surface area contributed by atoms with Gasteiger partial charge in [-0.25, -0.2) is 10.0 Å². The van der Waals surface area contributed by atoms with E-state index in [2.05, 4.69) is 21.4 Å². The Hall–Kier alpha value is -3.40. The van der Waals surface area contributed by atoms with E-state index in [4.69, 9.17) is 24.3 Å². The summed E-state index contributed by atoms with van der Waals surface area (Å²) in [5.74, 6) is 1.55. The van der Waals surface area contributed by atoms with E-state index < -0.39 is 11.6 Å². The Bertz CT molecular complexity index is 1330. The first-order valence-corrected chi connectivity index (χ1v) is 14.3. The fraction of sp³-hybridized carbons (Fsp3) is 0.355. The summed E-state index contributed by atoms with van der Waals surface area (Å²) in [7, 11) is 1.62. The molecule has 210 valence electrons. The number of ether oxygens (including phenoxy) is 3. The predicted molar refractivity (Wildman–Crippen MR) is 157 cm³/mol. The number of aliphatic imine (C=N–C) groups is 1. The van der Waals surface area contributed by atoms with Gasteiger partial charge < -0.3 is 19.3 Å². The SMILES string of the molecule is COc1cccc([C@@H]2OC(c3ccc(OCCCO)cc3)=N[C@]2(Cc2ccc(Br)cc2)C(=O)NN2CCCC2)c1. The number of hydrogen-bond donors (Lipinski definition) is 2. The summed E-state index contributed by atoms with van der Waals surface area (Å²) < 4.78 is 18.8. The molecule has 1 saturated heterocycles. The number of rotatable bonds is 11. The monoisotopic (exact) mass is 607 g/mol. The molecule has 0 radical (unpaired) electrons. The quantitative estimate of drug-likeness (QED) is 0.303. The van der Waals surface area contributed by atoms with Crippen LogP contribution >= 0.6 is 15.9 Å². The number of methoxy groups -OCH3 is 1. The van der Waals surface area contributed by atoms with Gasteiger partial charge in [0.1, 0.15) is 11.5 Å². The topological polar surface area (TPSA) is 92.6 Å². The molecule has 3 aromatic carbocycles. The maximum atomic E-state index is 14.3. The van der Waals surface area contributed by atoms with E-state index in [0.29, 0.717) is 36.8 Å². The molecule has 2 atom stereocenters. The largest absolute Gasteiger partial charge is 0.497 e. The van der Waals surface area contributed by atoms with Crippen molar-refractivity contribution in [1.82, 2.24) is 10.4 Å². The molecule has 40 heavy (non-hydrogen) atoms. The molecule has 2 heterocycles. The van der Waals surface area contributed by atoms with Crippen molar-refractivity contribution in [2.24, 2.45) is 4.99 Å². The summed E-state index contributed by atoms with van der Waals surface area (Å²) in [5, 5.41) is 11.0. The Balaban J connectivity index is 1.56. The van der Waals surface area contributed by atoms with Crippen LogP contribution < -0.4 is 14.9 Å². The Morgan fingerprint density at radius 3 is 2.55 bits per heavy atom. The number of nitrogens with zero attached hydrogens (tertiary/aromatic N) is 2. The van der Waals surface area contributed by atoms with Gasteiger partial charge in [-0.15, -0.1) is 0 Å². The Morgan fingerprint density at radius 1 is 1.10 bits per heavy atom. The number of hydrazine groups is 1. The number of nitrogens with one attached hydrogen (secondary N) is 1. The fourth-order valence-electron chi connectivity index (χ4n) is 5.07. The molecule has 2 N–H and O–H groups in total. The minimum Gasteiger partial charge on any atom is -0.497 e. The summed E-state index contributed by atoms with van der Waals surface area (Å²) in [5.41, 5.74) is 4.40. The number of carbonyl (C=O) groups excluding carboxylic acids is 1. The van der Waals surface area contributed by atoms with E-state index in [1.807, 2.05) is 77.8 Å². The van der Waals surface area contributed by atoms with E-state index in [9.17, 15) is 4.79 Å². The first kappa shape index (κ1) is 28.1. The standard InChI is InChI=1S/C31H34BrN3O5/c1-38-27-7-4-6-24(20-27)28-31(21-22-8-12-25(32)13-9-22,30(37)34-35-16-2-3-17-35)33-29(40-28)23-10-14-26(15-11-23)39-19-5-18-36/h4,6-15,20,28,36H,2-3,5,16-19,21H2,1H3,(H,34,37)/t28-,31-/m0/s1. The average Bonchev–Trinajstić information content (AvgIpc) is 3.64. The fourth-order valence-corrected chi connectivity index (χ4v) is 5.33. The van der Waals surface area contributed by atoms with Crippen LogP contribution in [0.3, 0.4) is 0 Å². The molecule has 0 bridgehead atoms. The van der Waals surface area contributed by atoms with E-state index in [-0.39, 0.29) is 12.5 Å². The van der Waals surface area contributed by atoms with Crippen molar-refractivity contribution >= 4 is 27.7 Å². The normalized spacial score (nSPS) is 20.6. The van der Waals surface area contributed by atoms with E-state index in [0.717, 1.165) is 47.1 Å². The summed E-state index contributed by atoms with van der Waals surface area (Å²) in [4.78, 5) is 19.4. The second kappa shape index (κ2) is 12.8. The molecule has 1 amide bonds. The molecular weight excluding hydrogens is 574 g/mol. The van der Waals surface area contributed by atoms with Crippen molar-refractivity contribution < 1.29 is 24.1 Å². The third kappa shape index (κ3) is 6.32. The van der Waals surface area contributed by atoms with Crippen LogP contribution in [0.15, 0.2) is 82.3 Å². The second-order valence-electron chi connectivity index (χ2n) is 10.0. The van der Waals surface area contributed by atoms with Crippen LogP contribution in [-0.2, 0) is 16.0 Å². The zero-order chi connectivity index (χ0) is 28.0. The highest BCUT2D eigenvalue weighted by Crippen LogP contribution is 2.43. The summed E-state index contributed by atoms with van der Waals surface area (Å²) >= 11 is 3.51. The summed E-state index contributed by atoms with van der Waals surface area (Å²) in [6, 6.07) is 23.0. The lowest BCUT2D eigenvalue weighted by Crippen LogP contribution is -2.54. The predicted octanol–water partition coefficient (Wildman–Crippen LogP) is 4.85. The van der Waals surface area contributed by atoms with E-state index in [1.165, 1.54) is 0 Å². The number of aliphatic hydroxyl groups is 1. The molecule has 9 heteroatoms. The van der Waals surface area contributed by atoms with Gasteiger partial charge in [0.2, 0.25) is 5.90 Å². The molecular formula is C31H34BrN3O5. The van der Waals surface area contributed by atoms with Crippen molar-refractivity contribution in [3.05, 3.63) is 94.0 Å². The van der Waals surface area contributed by atoms with Crippen LogP contribution in [0, 0.1) is 0 Å². The molecule has 1 fully saturated rings. The van der Waals surface area contributed by atoms with Crippen LogP contribution in [-0.4, -0.2) is 60.9 Å². The Labute approximate surface area is 243 Å². The number of carbonyl (C=O) groups is 1. The van der Waals surface area contributed by atoms with Gasteiger partial charge in [-0.2, -0.15) is 0 Å². The zero-order valence-corrected chi connectivity index (χ0v) is 24.1. The second-order valence-corrected chi connectivity index (χ2v) is 10.9. The first-order valence-electron chi connectivity index (χ1n) is 13.6. The third-order valence-corrected chi connectivity index (χ3v) is 7.71. The molecule has 5 rings (SSSR count). The number of amides is 1. The highest BCUT2D eigenvalue weighted by atomic mass is 79.9. The molecule has 0 unspecified atom stereocenters. The number of aliphatic hydroxyl groups excluding tert-OH is 1. The maximum Gasteiger partial charge on any atom is 0.266 e. The van der Waals surface area contributed by atoms with Crippen LogP contribution in [0.5, 0.6) is 11.5 Å². The Morgan fingerprint density at radius 2 is 1.85 bits per heavy atom. The zero-order valence-electron chi connectivity index (χ0n) is 22.5. The smallest absolute Gasteiger partial charge is 0.266 e. The van der Waals surface area contributed by atoms with Crippen LogP contribution in [0.4, 0.5) is 0 Å². The van der Waals surface area contributed by atoms with Gasteiger partial charge in [-0.3, -0.25) is 10.2 Å². The van der Waals surface area contributed by atoms with Gasteiger partial charge in [0.25, 0.3) is 5.91 Å². The highest BCUT2D eigenvalue weighted by Gasteiger charge is 2.54. The van der Waals surface area contributed by atoms with Crippen molar-refractivity contribution in [1.29, 1.82) is 0 Å². The molecule has 2 aliphatic rings. The number of hydrogen-bond acceptors (Lipinski definition) is 7. The van der Waals surface area contributed by atoms with Crippen molar-refractivity contribution in [2.45, 2.75) is 37.3 Å². The lowest BCUT2D eigenvalue weighted by molar-refractivity contribution is -0.133. The van der Waals surface area contributed by atoms with E-state index >= 15 is 0 Å². The molecule has 0 aliphatic carbocycles. The van der Waals surface area contributed by atoms with Crippen molar-refractivity contribution in [3.63, 3.8) is 0 Å². The van der Waals surface area contributed by atoms with Crippen LogP contribution in [0.25, 0.3) is 0 Å². The van der Waals surface area contributed by atoms with Gasteiger partial charge in [-0.05, 0) is 72.5 Å². The summed E-state index contributed by atoms with van der Waals surface area (Å²) in [6.45, 7) is 2.12. The average molecular weight is 609 g/mol. The molecule has 8 nitrogen and oxygen atoms in total. The van der Waals surface area contributed by atoms with Crippen LogP contribution in [0.2, 0.25) is 0 Å². The lowest BCUT2D eigenvalue weighted by atomic mass is 9.82.